The summed E-state index contributed by atoms with van der Waals surface area (Å²) in [5.41, 5.74) is 1.89. The van der Waals surface area contributed by atoms with Crippen LogP contribution in [-0.2, 0) is 15.3 Å². The summed E-state index contributed by atoms with van der Waals surface area (Å²) in [6.07, 6.45) is 3.82. The summed E-state index contributed by atoms with van der Waals surface area (Å²) in [7, 11) is 0. The molecule has 2 aromatic heterocycles. The highest BCUT2D eigenvalue weighted by Crippen LogP contribution is 2.35. The van der Waals surface area contributed by atoms with Crippen molar-refractivity contribution >= 4 is 23.3 Å². The zero-order chi connectivity index (χ0) is 21.0. The van der Waals surface area contributed by atoms with Crippen LogP contribution in [0.2, 0.25) is 0 Å². The molecule has 0 spiro atoms. The molecule has 1 atom stereocenters. The molecule has 2 aliphatic heterocycles. The van der Waals surface area contributed by atoms with E-state index in [4.69, 9.17) is 18.9 Å². The van der Waals surface area contributed by atoms with Gasteiger partial charge in [0.05, 0.1) is 24.6 Å². The summed E-state index contributed by atoms with van der Waals surface area (Å²) in [6, 6.07) is 11.4. The molecule has 9 heteroatoms. The second kappa shape index (κ2) is 9.07. The number of carbonyl (C=O) groups is 1. The zero-order valence-corrected chi connectivity index (χ0v) is 17.8. The Morgan fingerprint density at radius 1 is 1.23 bits per heavy atom. The van der Waals surface area contributed by atoms with Gasteiger partial charge in [-0.15, -0.1) is 11.8 Å². The van der Waals surface area contributed by atoms with Gasteiger partial charge in [-0.3, -0.25) is 4.79 Å². The minimum Gasteiger partial charge on any atom is -0.491 e. The number of fused-ring (bicyclic) bond motifs is 2. The maximum absolute atomic E-state index is 12.7. The number of aromatic nitrogens is 2. The van der Waals surface area contributed by atoms with E-state index in [2.05, 4.69) is 4.98 Å². The lowest BCUT2D eigenvalue weighted by molar-refractivity contribution is -0.137. The first kappa shape index (κ1) is 20.0. The van der Waals surface area contributed by atoms with Crippen LogP contribution >= 0.6 is 11.8 Å². The Bertz CT molecular complexity index is 1040. The second-order valence-electron chi connectivity index (χ2n) is 7.35. The van der Waals surface area contributed by atoms with Gasteiger partial charge >= 0.3 is 0 Å². The monoisotopic (exact) mass is 441 g/mol. The van der Waals surface area contributed by atoms with Crippen LogP contribution in [0.3, 0.4) is 0 Å². The Balaban J connectivity index is 1.08. The molecule has 1 aromatic carbocycles. The number of amides is 1. The van der Waals surface area contributed by atoms with Crippen molar-refractivity contribution in [3.8, 4) is 17.2 Å². The molecule has 4 heterocycles. The molecule has 1 unspecified atom stereocenters. The van der Waals surface area contributed by atoms with Crippen molar-refractivity contribution in [2.24, 2.45) is 0 Å². The van der Waals surface area contributed by atoms with E-state index in [9.17, 15) is 4.79 Å². The molecular formula is C22H23N3O5S. The number of pyridine rings is 1. The zero-order valence-electron chi connectivity index (χ0n) is 16.9. The van der Waals surface area contributed by atoms with Gasteiger partial charge < -0.3 is 28.2 Å². The highest BCUT2D eigenvalue weighted by molar-refractivity contribution is 7.99. The van der Waals surface area contributed by atoms with Gasteiger partial charge in [0.25, 0.3) is 0 Å². The smallest absolute Gasteiger partial charge is 0.232 e. The Morgan fingerprint density at radius 3 is 3.10 bits per heavy atom. The lowest BCUT2D eigenvalue weighted by Crippen LogP contribution is -2.48. The third-order valence-corrected chi connectivity index (χ3v) is 6.11. The van der Waals surface area contributed by atoms with E-state index in [1.54, 1.807) is 11.8 Å². The van der Waals surface area contributed by atoms with E-state index in [1.807, 2.05) is 58.1 Å². The largest absolute Gasteiger partial charge is 0.491 e. The topological polar surface area (TPSA) is 74.5 Å². The average Bonchev–Trinajstić information content (AvgIpc) is 3.43. The van der Waals surface area contributed by atoms with Crippen molar-refractivity contribution < 1.29 is 23.7 Å². The first-order valence-electron chi connectivity index (χ1n) is 10.2. The number of benzene rings is 1. The van der Waals surface area contributed by atoms with E-state index in [0.717, 1.165) is 17.1 Å². The fourth-order valence-electron chi connectivity index (χ4n) is 3.59. The van der Waals surface area contributed by atoms with Gasteiger partial charge in [0, 0.05) is 30.8 Å². The van der Waals surface area contributed by atoms with Gasteiger partial charge in [-0.1, -0.05) is 6.07 Å². The molecule has 1 amide bonds. The fourth-order valence-corrected chi connectivity index (χ4v) is 4.40. The second-order valence-corrected chi connectivity index (χ2v) is 8.34. The summed E-state index contributed by atoms with van der Waals surface area (Å²) in [5, 5.41) is 0. The van der Waals surface area contributed by atoms with Gasteiger partial charge in [-0.05, 0) is 24.3 Å². The van der Waals surface area contributed by atoms with Crippen molar-refractivity contribution in [3.63, 3.8) is 0 Å². The highest BCUT2D eigenvalue weighted by Gasteiger charge is 2.25. The van der Waals surface area contributed by atoms with E-state index in [1.165, 1.54) is 0 Å². The number of morpholine rings is 1. The molecule has 2 aliphatic rings. The normalized spacial score (nSPS) is 17.8. The number of carbonyl (C=O) groups excluding carboxylic acids is 1. The average molecular weight is 442 g/mol. The Kier molecular flexibility index (Phi) is 5.86. The molecule has 31 heavy (non-hydrogen) atoms. The molecule has 1 saturated heterocycles. The van der Waals surface area contributed by atoms with Crippen LogP contribution < -0.4 is 14.2 Å². The Labute approximate surface area is 184 Å². The lowest BCUT2D eigenvalue weighted by atomic mass is 10.2. The van der Waals surface area contributed by atoms with Crippen LogP contribution in [-0.4, -0.2) is 65.1 Å². The van der Waals surface area contributed by atoms with E-state index in [-0.39, 0.29) is 18.8 Å². The van der Waals surface area contributed by atoms with Crippen LogP contribution in [0.5, 0.6) is 17.2 Å². The minimum absolute atomic E-state index is 0.116. The number of ether oxygens (including phenoxy) is 4. The first-order valence-corrected chi connectivity index (χ1v) is 11.3. The SMILES string of the molecule is O=C(CSCc1cn2ccccc2n1)N1CCOC(COc2ccc3c(c2)OCO3)C1. The molecule has 0 bridgehead atoms. The van der Waals surface area contributed by atoms with Gasteiger partial charge in [0.15, 0.2) is 11.5 Å². The van der Waals surface area contributed by atoms with Crippen LogP contribution in [0, 0.1) is 0 Å². The molecular weight excluding hydrogens is 418 g/mol. The van der Waals surface area contributed by atoms with Crippen molar-refractivity contribution in [1.82, 2.24) is 14.3 Å². The first-order chi connectivity index (χ1) is 15.2. The van der Waals surface area contributed by atoms with E-state index < -0.39 is 0 Å². The molecule has 5 rings (SSSR count). The van der Waals surface area contributed by atoms with Gasteiger partial charge in [-0.2, -0.15) is 0 Å². The number of imidazole rings is 1. The third kappa shape index (κ3) is 4.72. The summed E-state index contributed by atoms with van der Waals surface area (Å²) >= 11 is 1.58. The standard InChI is InChI=1S/C22H23N3O5S/c26-22(14-31-13-16-10-24-6-2-1-3-21(24)23-16)25-7-8-27-18(11-25)12-28-17-4-5-19-20(9-17)30-15-29-19/h1-6,9-10,18H,7-8,11-15H2. The number of hydrogen-bond donors (Lipinski definition) is 0. The molecule has 0 aliphatic carbocycles. The number of rotatable bonds is 7. The van der Waals surface area contributed by atoms with Crippen LogP contribution in [0.25, 0.3) is 5.65 Å². The minimum atomic E-state index is -0.161. The van der Waals surface area contributed by atoms with Crippen molar-refractivity contribution in [1.29, 1.82) is 0 Å². The fraction of sp³-hybridized carbons (Fsp3) is 0.364. The van der Waals surface area contributed by atoms with Gasteiger partial charge in [0.2, 0.25) is 12.7 Å². The number of thioether (sulfide) groups is 1. The lowest BCUT2D eigenvalue weighted by Gasteiger charge is -2.32. The van der Waals surface area contributed by atoms with Gasteiger partial charge in [0.1, 0.15) is 24.1 Å². The molecule has 0 radical (unpaired) electrons. The number of nitrogens with zero attached hydrogens (tertiary/aromatic N) is 3. The van der Waals surface area contributed by atoms with E-state index >= 15 is 0 Å². The van der Waals surface area contributed by atoms with E-state index in [0.29, 0.717) is 49.3 Å². The van der Waals surface area contributed by atoms with Crippen LogP contribution in [0.4, 0.5) is 0 Å². The van der Waals surface area contributed by atoms with Gasteiger partial charge in [-0.25, -0.2) is 4.98 Å². The molecule has 1 fully saturated rings. The molecule has 8 nitrogen and oxygen atoms in total. The Hall–Kier alpha value is -2.91. The maximum atomic E-state index is 12.7. The third-order valence-electron chi connectivity index (χ3n) is 5.16. The molecule has 3 aromatic rings. The Morgan fingerprint density at radius 2 is 2.16 bits per heavy atom. The van der Waals surface area contributed by atoms with Crippen LogP contribution in [0.1, 0.15) is 5.69 Å². The summed E-state index contributed by atoms with van der Waals surface area (Å²) < 4.78 is 24.3. The predicted octanol–water partition coefficient (Wildman–Crippen LogP) is 2.60. The quantitative estimate of drug-likeness (QED) is 0.558. The summed E-state index contributed by atoms with van der Waals surface area (Å²) in [5.74, 6) is 3.34. The van der Waals surface area contributed by atoms with Crippen molar-refractivity contribution in [2.45, 2.75) is 11.9 Å². The van der Waals surface area contributed by atoms with Crippen molar-refractivity contribution in [2.75, 3.05) is 38.8 Å². The summed E-state index contributed by atoms with van der Waals surface area (Å²) in [6.45, 7) is 2.25. The summed E-state index contributed by atoms with van der Waals surface area (Å²) in [4.78, 5) is 19.1. The molecule has 0 N–H and O–H groups in total. The highest BCUT2D eigenvalue weighted by atomic mass is 32.2. The van der Waals surface area contributed by atoms with Crippen LogP contribution in [0.15, 0.2) is 48.8 Å². The van der Waals surface area contributed by atoms with Crippen molar-refractivity contribution in [3.05, 3.63) is 54.5 Å². The number of hydrogen-bond acceptors (Lipinski definition) is 7. The molecule has 162 valence electrons. The molecule has 0 saturated carbocycles. The predicted molar refractivity (Wildman–Crippen MR) is 116 cm³/mol. The maximum Gasteiger partial charge on any atom is 0.232 e.